The topological polar surface area (TPSA) is 50.3 Å². The Hall–Kier alpha value is -1.56. The largest absolute Gasteiger partial charge is 0.378 e. The van der Waals surface area contributed by atoms with E-state index in [-0.39, 0.29) is 0 Å². The average Bonchev–Trinajstić information content (AvgIpc) is 2.58. The molecular formula is C16H18Cl2N4O. The molecular weight excluding hydrogens is 335 g/mol. The predicted molar refractivity (Wildman–Crippen MR) is 93.7 cm³/mol. The molecule has 0 aliphatic carbocycles. The summed E-state index contributed by atoms with van der Waals surface area (Å²) in [7, 11) is 0. The number of rotatable bonds is 5. The first-order chi connectivity index (χ1) is 11.2. The molecule has 23 heavy (non-hydrogen) atoms. The van der Waals surface area contributed by atoms with E-state index < -0.39 is 0 Å². The third-order valence-corrected chi connectivity index (χ3v) is 4.29. The van der Waals surface area contributed by atoms with Gasteiger partial charge >= 0.3 is 0 Å². The van der Waals surface area contributed by atoms with Crippen LogP contribution in [-0.2, 0) is 11.2 Å². The van der Waals surface area contributed by atoms with Gasteiger partial charge < -0.3 is 15.0 Å². The predicted octanol–water partition coefficient (Wildman–Crippen LogP) is 3.27. The van der Waals surface area contributed by atoms with Gasteiger partial charge in [-0.2, -0.15) is 0 Å². The maximum absolute atomic E-state index is 6.18. The zero-order valence-corrected chi connectivity index (χ0v) is 14.1. The first-order valence-electron chi connectivity index (χ1n) is 7.55. The molecule has 0 amide bonds. The number of morpholine rings is 1. The number of benzene rings is 1. The summed E-state index contributed by atoms with van der Waals surface area (Å²) < 4.78 is 5.36. The SMILES string of the molecule is Clc1ccc(CCNc2cc(N3CCOCC3)ncn2)c(Cl)c1. The van der Waals surface area contributed by atoms with Crippen molar-refractivity contribution in [2.24, 2.45) is 0 Å². The fraction of sp³-hybridized carbons (Fsp3) is 0.375. The van der Waals surface area contributed by atoms with Crippen LogP contribution in [-0.4, -0.2) is 42.8 Å². The van der Waals surface area contributed by atoms with Gasteiger partial charge in [0.1, 0.15) is 18.0 Å². The number of aromatic nitrogens is 2. The van der Waals surface area contributed by atoms with Gasteiger partial charge in [-0.25, -0.2) is 9.97 Å². The quantitative estimate of drug-likeness (QED) is 0.894. The van der Waals surface area contributed by atoms with Crippen LogP contribution in [0, 0.1) is 0 Å². The Bertz CT molecular complexity index is 662. The summed E-state index contributed by atoms with van der Waals surface area (Å²) in [4.78, 5) is 10.8. The summed E-state index contributed by atoms with van der Waals surface area (Å²) in [5.41, 5.74) is 1.06. The normalized spacial score (nSPS) is 14.8. The van der Waals surface area contributed by atoms with E-state index in [1.54, 1.807) is 12.4 Å². The summed E-state index contributed by atoms with van der Waals surface area (Å²) in [5, 5.41) is 4.66. The molecule has 0 unspecified atom stereocenters. The van der Waals surface area contributed by atoms with Crippen molar-refractivity contribution in [2.45, 2.75) is 6.42 Å². The van der Waals surface area contributed by atoms with Gasteiger partial charge in [0, 0.05) is 35.7 Å². The van der Waals surface area contributed by atoms with Gasteiger partial charge in [-0.15, -0.1) is 0 Å². The van der Waals surface area contributed by atoms with Crippen LogP contribution < -0.4 is 10.2 Å². The number of nitrogens with zero attached hydrogens (tertiary/aromatic N) is 3. The third-order valence-electron chi connectivity index (χ3n) is 3.70. The van der Waals surface area contributed by atoms with Gasteiger partial charge in [-0.3, -0.25) is 0 Å². The molecule has 0 spiro atoms. The molecule has 0 radical (unpaired) electrons. The molecule has 5 nitrogen and oxygen atoms in total. The van der Waals surface area contributed by atoms with Crippen molar-refractivity contribution < 1.29 is 4.74 Å². The lowest BCUT2D eigenvalue weighted by Crippen LogP contribution is -2.36. The molecule has 7 heteroatoms. The Morgan fingerprint density at radius 3 is 2.74 bits per heavy atom. The van der Waals surface area contributed by atoms with Crippen LogP contribution in [0.2, 0.25) is 10.0 Å². The molecule has 1 aromatic heterocycles. The summed E-state index contributed by atoms with van der Waals surface area (Å²) >= 11 is 12.1. The van der Waals surface area contributed by atoms with Crippen LogP contribution in [0.1, 0.15) is 5.56 Å². The highest BCUT2D eigenvalue weighted by Gasteiger charge is 2.12. The van der Waals surface area contributed by atoms with Crippen molar-refractivity contribution in [2.75, 3.05) is 43.1 Å². The van der Waals surface area contributed by atoms with E-state index in [9.17, 15) is 0 Å². The third kappa shape index (κ3) is 4.47. The van der Waals surface area contributed by atoms with Gasteiger partial charge in [0.2, 0.25) is 0 Å². The van der Waals surface area contributed by atoms with Crippen molar-refractivity contribution in [3.05, 3.63) is 46.2 Å². The Morgan fingerprint density at radius 1 is 1.13 bits per heavy atom. The molecule has 1 aliphatic heterocycles. The molecule has 0 saturated carbocycles. The van der Waals surface area contributed by atoms with Crippen LogP contribution >= 0.6 is 23.2 Å². The molecule has 0 atom stereocenters. The fourth-order valence-electron chi connectivity index (χ4n) is 2.46. The first kappa shape index (κ1) is 16.3. The maximum Gasteiger partial charge on any atom is 0.134 e. The Balaban J connectivity index is 1.57. The van der Waals surface area contributed by atoms with Crippen molar-refractivity contribution in [1.29, 1.82) is 0 Å². The van der Waals surface area contributed by atoms with Crippen LogP contribution in [0.5, 0.6) is 0 Å². The summed E-state index contributed by atoms with van der Waals surface area (Å²) in [6.45, 7) is 3.93. The van der Waals surface area contributed by atoms with Crippen molar-refractivity contribution in [1.82, 2.24) is 9.97 Å². The van der Waals surface area contributed by atoms with E-state index in [0.717, 1.165) is 56.5 Å². The van der Waals surface area contributed by atoms with E-state index >= 15 is 0 Å². The molecule has 122 valence electrons. The van der Waals surface area contributed by atoms with Crippen molar-refractivity contribution in [3.63, 3.8) is 0 Å². The van der Waals surface area contributed by atoms with Crippen molar-refractivity contribution in [3.8, 4) is 0 Å². The van der Waals surface area contributed by atoms with Crippen LogP contribution in [0.4, 0.5) is 11.6 Å². The Kier molecular flexibility index (Phi) is 5.54. The van der Waals surface area contributed by atoms with Crippen LogP contribution in [0.3, 0.4) is 0 Å². The highest BCUT2D eigenvalue weighted by molar-refractivity contribution is 6.35. The van der Waals surface area contributed by atoms with Crippen LogP contribution in [0.15, 0.2) is 30.6 Å². The average molecular weight is 353 g/mol. The number of halogens is 2. The molecule has 1 fully saturated rings. The first-order valence-corrected chi connectivity index (χ1v) is 8.30. The second-order valence-electron chi connectivity index (χ2n) is 5.27. The molecule has 2 aromatic rings. The van der Waals surface area contributed by atoms with E-state index in [1.807, 2.05) is 18.2 Å². The van der Waals surface area contributed by atoms with Gasteiger partial charge in [0.25, 0.3) is 0 Å². The molecule has 3 rings (SSSR count). The minimum Gasteiger partial charge on any atom is -0.378 e. The van der Waals surface area contributed by atoms with Gasteiger partial charge in [-0.1, -0.05) is 29.3 Å². The smallest absolute Gasteiger partial charge is 0.134 e. The zero-order chi connectivity index (χ0) is 16.1. The molecule has 1 N–H and O–H groups in total. The Labute approximate surface area is 145 Å². The number of ether oxygens (including phenoxy) is 1. The van der Waals surface area contributed by atoms with Crippen LogP contribution in [0.25, 0.3) is 0 Å². The highest BCUT2D eigenvalue weighted by atomic mass is 35.5. The molecule has 2 heterocycles. The fourth-order valence-corrected chi connectivity index (χ4v) is 2.96. The lowest BCUT2D eigenvalue weighted by molar-refractivity contribution is 0.122. The van der Waals surface area contributed by atoms with Gasteiger partial charge in [-0.05, 0) is 24.1 Å². The van der Waals surface area contributed by atoms with E-state index in [4.69, 9.17) is 27.9 Å². The standard InChI is InChI=1S/C16H18Cl2N4O/c17-13-2-1-12(14(18)9-13)3-4-19-15-10-16(21-11-20-15)22-5-7-23-8-6-22/h1-2,9-11H,3-8H2,(H,19,20,21). The maximum atomic E-state index is 6.18. The molecule has 1 aliphatic rings. The second kappa shape index (κ2) is 7.81. The minimum atomic E-state index is 0.651. The monoisotopic (exact) mass is 352 g/mol. The minimum absolute atomic E-state index is 0.651. The Morgan fingerprint density at radius 2 is 1.96 bits per heavy atom. The van der Waals surface area contributed by atoms with Gasteiger partial charge in [0.05, 0.1) is 13.2 Å². The summed E-state index contributed by atoms with van der Waals surface area (Å²) in [6.07, 6.45) is 2.38. The lowest BCUT2D eigenvalue weighted by atomic mass is 10.1. The van der Waals surface area contributed by atoms with E-state index in [2.05, 4.69) is 20.2 Å². The number of anilines is 2. The lowest BCUT2D eigenvalue weighted by Gasteiger charge is -2.27. The number of hydrogen-bond donors (Lipinski definition) is 1. The summed E-state index contributed by atoms with van der Waals surface area (Å²) in [6, 6.07) is 7.53. The van der Waals surface area contributed by atoms with E-state index in [0.29, 0.717) is 10.0 Å². The summed E-state index contributed by atoms with van der Waals surface area (Å²) in [5.74, 6) is 1.74. The highest BCUT2D eigenvalue weighted by Crippen LogP contribution is 2.21. The second-order valence-corrected chi connectivity index (χ2v) is 6.12. The zero-order valence-electron chi connectivity index (χ0n) is 12.6. The van der Waals surface area contributed by atoms with Crippen molar-refractivity contribution >= 4 is 34.8 Å². The molecule has 1 aromatic carbocycles. The number of hydrogen-bond acceptors (Lipinski definition) is 5. The number of nitrogens with one attached hydrogen (secondary N) is 1. The molecule has 1 saturated heterocycles. The van der Waals surface area contributed by atoms with Gasteiger partial charge in [0.15, 0.2) is 0 Å². The molecule has 0 bridgehead atoms. The van der Waals surface area contributed by atoms with E-state index in [1.165, 1.54) is 0 Å².